The molecule has 0 heterocycles. The Kier molecular flexibility index (Phi) is 19.0. The first-order valence-corrected chi connectivity index (χ1v) is 9.68. The van der Waals surface area contributed by atoms with E-state index in [1.807, 2.05) is 0 Å². The summed E-state index contributed by atoms with van der Waals surface area (Å²) in [4.78, 5) is -12.3. The standard InChI is InChI=1S/3C4H2F6S2.Mo/c3*5-3(6,7)1(11)2(12)4(8,9)10;/h3*11-12H;. The molecule has 0 rings (SSSR count). The van der Waals surface area contributed by atoms with Gasteiger partial charge in [-0.1, -0.05) is 0 Å². The maximum atomic E-state index is 11.5. The van der Waals surface area contributed by atoms with E-state index in [1.165, 1.54) is 0 Å². The molecule has 0 atom stereocenters. The number of alkyl halides is 18. The van der Waals surface area contributed by atoms with E-state index >= 15 is 0 Å². The molecule has 0 radical (unpaired) electrons. The van der Waals surface area contributed by atoms with Crippen LogP contribution in [-0.4, -0.2) is 37.1 Å². The molecule has 0 spiro atoms. The van der Waals surface area contributed by atoms with E-state index in [9.17, 15) is 79.0 Å². The second kappa shape index (κ2) is 15.7. The van der Waals surface area contributed by atoms with Gasteiger partial charge in [0.1, 0.15) is 29.4 Å². The van der Waals surface area contributed by atoms with Crippen molar-refractivity contribution in [2.24, 2.45) is 0 Å². The molecule has 0 aliphatic rings. The van der Waals surface area contributed by atoms with Gasteiger partial charge in [-0.3, -0.25) is 0 Å². The minimum absolute atomic E-state index is 0. The number of halogens is 18. The van der Waals surface area contributed by atoms with Crippen molar-refractivity contribution in [3.05, 3.63) is 29.4 Å². The third-order valence-electron chi connectivity index (χ3n) is 2.28. The maximum Gasteiger partial charge on any atom is 0.423 e. The van der Waals surface area contributed by atoms with Crippen LogP contribution >= 0.6 is 75.8 Å². The zero-order valence-electron chi connectivity index (χ0n) is 15.9. The van der Waals surface area contributed by atoms with Gasteiger partial charge >= 0.3 is 37.1 Å². The molecule has 0 unspecified atom stereocenters. The summed E-state index contributed by atoms with van der Waals surface area (Å²) in [5, 5.41) is 0. The molecule has 0 nitrogen and oxygen atoms in total. The third kappa shape index (κ3) is 18.7. The van der Waals surface area contributed by atoms with Crippen LogP contribution < -0.4 is 0 Å². The quantitative estimate of drug-likeness (QED) is 0.0789. The largest absolute Gasteiger partial charge is 0.423 e. The Morgan fingerprint density at radius 1 is 0.243 bits per heavy atom. The number of hydrogen-bond acceptors (Lipinski definition) is 6. The monoisotopic (exact) mass is 782 g/mol. The van der Waals surface area contributed by atoms with Crippen molar-refractivity contribution < 1.29 is 100 Å². The molecule has 0 aliphatic heterocycles. The van der Waals surface area contributed by atoms with Crippen molar-refractivity contribution >= 4 is 75.8 Å². The van der Waals surface area contributed by atoms with E-state index in [2.05, 4.69) is 75.8 Å². The van der Waals surface area contributed by atoms with Gasteiger partial charge < -0.3 is 0 Å². The minimum Gasteiger partial charge on any atom is -0.166 e. The average Bonchev–Trinajstić information content (AvgIpc) is 2.60. The second-order valence-corrected chi connectivity index (χ2v) is 7.76. The van der Waals surface area contributed by atoms with Crippen LogP contribution in [0.25, 0.3) is 0 Å². The van der Waals surface area contributed by atoms with Crippen LogP contribution in [0, 0.1) is 0 Å². The van der Waals surface area contributed by atoms with E-state index in [4.69, 9.17) is 0 Å². The van der Waals surface area contributed by atoms with Crippen LogP contribution in [0.1, 0.15) is 0 Å². The van der Waals surface area contributed by atoms with Crippen molar-refractivity contribution in [2.75, 3.05) is 0 Å². The number of rotatable bonds is 0. The third-order valence-corrected chi connectivity index (χ3v) is 5.68. The van der Waals surface area contributed by atoms with E-state index in [0.717, 1.165) is 0 Å². The van der Waals surface area contributed by atoms with Crippen LogP contribution in [0.4, 0.5) is 79.0 Å². The molecule has 222 valence electrons. The molecule has 0 fully saturated rings. The summed E-state index contributed by atoms with van der Waals surface area (Å²) in [6, 6.07) is 0. The van der Waals surface area contributed by atoms with Gasteiger partial charge in [-0.05, 0) is 0 Å². The first-order valence-electron chi connectivity index (χ1n) is 6.99. The summed E-state index contributed by atoms with van der Waals surface area (Å²) in [5.41, 5.74) is 0. The Morgan fingerprint density at radius 2 is 0.297 bits per heavy atom. The molecule has 0 aromatic heterocycles. The fraction of sp³-hybridized carbons (Fsp3) is 0.500. The molecule has 0 N–H and O–H groups in total. The SMILES string of the molecule is FC(F)(F)C(S)=C(S)C(F)(F)F.FC(F)(F)C(S)=C(S)C(F)(F)F.FC(F)(F)C(S)=C(S)C(F)(F)F.[Mo]. The summed E-state index contributed by atoms with van der Waals surface area (Å²) in [7, 11) is 0. The van der Waals surface area contributed by atoms with Gasteiger partial charge in [0.15, 0.2) is 0 Å². The van der Waals surface area contributed by atoms with E-state index in [1.54, 1.807) is 0 Å². The molecule has 25 heteroatoms. The Morgan fingerprint density at radius 3 is 0.324 bits per heavy atom. The number of allylic oxidation sites excluding steroid dienone is 6. The summed E-state index contributed by atoms with van der Waals surface area (Å²) < 4.78 is 208. The predicted molar refractivity (Wildman–Crippen MR) is 111 cm³/mol. The van der Waals surface area contributed by atoms with E-state index in [0.29, 0.717) is 0 Å². The van der Waals surface area contributed by atoms with Crippen LogP contribution in [0.15, 0.2) is 29.4 Å². The summed E-state index contributed by atoms with van der Waals surface area (Å²) >= 11 is 15.9. The Hall–Kier alpha value is 0.748. The molecule has 37 heavy (non-hydrogen) atoms. The van der Waals surface area contributed by atoms with Gasteiger partial charge in [-0.25, -0.2) is 0 Å². The van der Waals surface area contributed by atoms with Crippen LogP contribution in [0.2, 0.25) is 0 Å². The molecule has 0 aromatic rings. The van der Waals surface area contributed by atoms with Gasteiger partial charge in [0.25, 0.3) is 0 Å². The summed E-state index contributed by atoms with van der Waals surface area (Å²) in [6.07, 6.45) is -30.7. The van der Waals surface area contributed by atoms with Crippen molar-refractivity contribution in [3.63, 3.8) is 0 Å². The molecule has 0 aromatic carbocycles. The molecule has 0 amide bonds. The zero-order chi connectivity index (χ0) is 30.5. The summed E-state index contributed by atoms with van der Waals surface area (Å²) in [5.74, 6) is 0. The average molecular weight is 780 g/mol. The molecule has 0 saturated carbocycles. The van der Waals surface area contributed by atoms with Crippen molar-refractivity contribution in [2.45, 2.75) is 37.1 Å². The zero-order valence-corrected chi connectivity index (χ0v) is 23.3. The molecule has 0 saturated heterocycles. The predicted octanol–water partition coefficient (Wildman–Crippen LogP) is 9.54. The molecule has 0 bridgehead atoms. The first kappa shape index (κ1) is 44.8. The number of hydrogen-bond donors (Lipinski definition) is 6. The van der Waals surface area contributed by atoms with Crippen LogP contribution in [0.3, 0.4) is 0 Å². The minimum atomic E-state index is -5.12. The molecular weight excluding hydrogens is 774 g/mol. The van der Waals surface area contributed by atoms with Crippen LogP contribution in [0.5, 0.6) is 0 Å². The van der Waals surface area contributed by atoms with E-state index < -0.39 is 66.5 Å². The first-order chi connectivity index (χ1) is 15.2. The fourth-order valence-corrected chi connectivity index (χ4v) is 1.57. The van der Waals surface area contributed by atoms with Crippen LogP contribution in [-0.2, 0) is 21.1 Å². The molecule has 0 aliphatic carbocycles. The summed E-state index contributed by atoms with van der Waals surface area (Å²) in [6.45, 7) is 0. The Labute approximate surface area is 241 Å². The molecular formula is C12H6F18MoS6. The van der Waals surface area contributed by atoms with Crippen molar-refractivity contribution in [1.29, 1.82) is 0 Å². The van der Waals surface area contributed by atoms with Gasteiger partial charge in [0, 0.05) is 21.1 Å². The fourth-order valence-electron chi connectivity index (χ4n) is 0.806. The smallest absolute Gasteiger partial charge is 0.166 e. The van der Waals surface area contributed by atoms with Crippen molar-refractivity contribution in [1.82, 2.24) is 0 Å². The second-order valence-electron chi connectivity index (χ2n) is 5.08. The Bertz CT molecular complexity index is 646. The van der Waals surface area contributed by atoms with Crippen molar-refractivity contribution in [3.8, 4) is 0 Å². The van der Waals surface area contributed by atoms with Gasteiger partial charge in [0.05, 0.1) is 0 Å². The maximum absolute atomic E-state index is 11.5. The van der Waals surface area contributed by atoms with Gasteiger partial charge in [-0.15, -0.1) is 75.8 Å². The normalized spacial score (nSPS) is 15.6. The van der Waals surface area contributed by atoms with Gasteiger partial charge in [-0.2, -0.15) is 79.0 Å². The number of thiol groups is 6. The Balaban J connectivity index is -0.000000218. The van der Waals surface area contributed by atoms with Gasteiger partial charge in [0.2, 0.25) is 0 Å². The topological polar surface area (TPSA) is 0 Å². The van der Waals surface area contributed by atoms with E-state index in [-0.39, 0.29) is 21.1 Å².